The lowest BCUT2D eigenvalue weighted by Crippen LogP contribution is -2.33. The summed E-state index contributed by atoms with van der Waals surface area (Å²) in [7, 11) is 3.24. The summed E-state index contributed by atoms with van der Waals surface area (Å²) in [4.78, 5) is 14.6. The fourth-order valence-electron chi connectivity index (χ4n) is 3.57. The second-order valence-electron chi connectivity index (χ2n) is 6.69. The number of nitrogens with one attached hydrogen (secondary N) is 1. The van der Waals surface area contributed by atoms with Crippen molar-refractivity contribution < 1.29 is 27.8 Å². The van der Waals surface area contributed by atoms with E-state index in [1.54, 1.807) is 14.2 Å². The Morgan fingerprint density at radius 2 is 1.86 bits per heavy atom. The Kier molecular flexibility index (Phi) is 6.87. The monoisotopic (exact) mass is 406 g/mol. The highest BCUT2D eigenvalue weighted by Gasteiger charge is 2.30. The van der Waals surface area contributed by atoms with Crippen LogP contribution in [-0.4, -0.2) is 44.7 Å². The summed E-state index contributed by atoms with van der Waals surface area (Å²) in [6.45, 7) is -1.88. The molecule has 1 unspecified atom stereocenters. The molecule has 0 spiro atoms. The van der Waals surface area contributed by atoms with Gasteiger partial charge in [-0.2, -0.15) is 8.78 Å². The minimum Gasteiger partial charge on any atom is -0.497 e. The van der Waals surface area contributed by atoms with Gasteiger partial charge in [-0.15, -0.1) is 0 Å². The van der Waals surface area contributed by atoms with Crippen molar-refractivity contribution in [1.29, 1.82) is 0 Å². The van der Waals surface area contributed by atoms with Gasteiger partial charge in [-0.3, -0.25) is 9.69 Å². The first-order valence-corrected chi connectivity index (χ1v) is 9.31. The minimum atomic E-state index is -2.88. The molecule has 3 rings (SSSR count). The maximum atomic E-state index is 12.5. The van der Waals surface area contributed by atoms with Gasteiger partial charge in [0.15, 0.2) is 0 Å². The van der Waals surface area contributed by atoms with E-state index in [9.17, 15) is 13.6 Å². The van der Waals surface area contributed by atoms with Crippen molar-refractivity contribution in [3.63, 3.8) is 0 Å². The van der Waals surface area contributed by atoms with E-state index in [2.05, 4.69) is 15.0 Å². The number of halogens is 2. The normalized spacial score (nSPS) is 16.7. The molecule has 0 aliphatic carbocycles. The van der Waals surface area contributed by atoms with E-state index in [1.165, 1.54) is 24.3 Å². The SMILES string of the molecule is COc1ccc(OC)c(C2CCCN2CC(=O)Nc2ccc(OC(F)F)cc2)c1. The molecule has 0 saturated carbocycles. The van der Waals surface area contributed by atoms with Gasteiger partial charge < -0.3 is 19.5 Å². The van der Waals surface area contributed by atoms with E-state index in [1.807, 2.05) is 18.2 Å². The van der Waals surface area contributed by atoms with Gasteiger partial charge in [0.25, 0.3) is 0 Å². The summed E-state index contributed by atoms with van der Waals surface area (Å²) in [6, 6.07) is 11.5. The van der Waals surface area contributed by atoms with Gasteiger partial charge in [0, 0.05) is 17.3 Å². The molecule has 156 valence electrons. The lowest BCUT2D eigenvalue weighted by molar-refractivity contribution is -0.117. The number of hydrogen-bond acceptors (Lipinski definition) is 5. The van der Waals surface area contributed by atoms with Crippen LogP contribution in [0.5, 0.6) is 17.2 Å². The number of rotatable bonds is 8. The van der Waals surface area contributed by atoms with E-state index in [4.69, 9.17) is 9.47 Å². The second-order valence-corrected chi connectivity index (χ2v) is 6.69. The number of amides is 1. The molecule has 1 saturated heterocycles. The van der Waals surface area contributed by atoms with Crippen molar-refractivity contribution in [2.45, 2.75) is 25.5 Å². The van der Waals surface area contributed by atoms with E-state index in [0.29, 0.717) is 5.69 Å². The highest BCUT2D eigenvalue weighted by atomic mass is 19.3. The van der Waals surface area contributed by atoms with E-state index >= 15 is 0 Å². The zero-order valence-electron chi connectivity index (χ0n) is 16.4. The molecule has 6 nitrogen and oxygen atoms in total. The van der Waals surface area contributed by atoms with Gasteiger partial charge in [-0.1, -0.05) is 0 Å². The number of likely N-dealkylation sites (tertiary alicyclic amines) is 1. The van der Waals surface area contributed by atoms with Gasteiger partial charge in [0.05, 0.1) is 20.8 Å². The van der Waals surface area contributed by atoms with E-state index in [0.717, 1.165) is 36.4 Å². The third-order valence-electron chi connectivity index (χ3n) is 4.87. The highest BCUT2D eigenvalue weighted by Crippen LogP contribution is 2.38. The van der Waals surface area contributed by atoms with Crippen molar-refractivity contribution in [2.75, 3.05) is 32.6 Å². The van der Waals surface area contributed by atoms with Crippen LogP contribution in [0.25, 0.3) is 0 Å². The number of carbonyl (C=O) groups excluding carboxylic acids is 1. The molecule has 2 aromatic carbocycles. The molecule has 0 aromatic heterocycles. The first-order valence-electron chi connectivity index (χ1n) is 9.31. The molecule has 0 bridgehead atoms. The van der Waals surface area contributed by atoms with Gasteiger partial charge >= 0.3 is 6.61 Å². The van der Waals surface area contributed by atoms with Crippen molar-refractivity contribution in [1.82, 2.24) is 4.90 Å². The second kappa shape index (κ2) is 9.56. The fraction of sp³-hybridized carbons (Fsp3) is 0.381. The lowest BCUT2D eigenvalue weighted by atomic mass is 10.0. The fourth-order valence-corrected chi connectivity index (χ4v) is 3.57. The van der Waals surface area contributed by atoms with Crippen molar-refractivity contribution in [3.8, 4) is 17.2 Å². The van der Waals surface area contributed by atoms with Crippen LogP contribution >= 0.6 is 0 Å². The van der Waals surface area contributed by atoms with Gasteiger partial charge in [0.1, 0.15) is 17.2 Å². The van der Waals surface area contributed by atoms with Crippen LogP contribution in [0.1, 0.15) is 24.4 Å². The van der Waals surface area contributed by atoms with E-state index < -0.39 is 6.61 Å². The van der Waals surface area contributed by atoms with Crippen molar-refractivity contribution in [3.05, 3.63) is 48.0 Å². The van der Waals surface area contributed by atoms with Crippen molar-refractivity contribution in [2.24, 2.45) is 0 Å². The molecule has 1 fully saturated rings. The van der Waals surface area contributed by atoms with Crippen LogP contribution in [0.15, 0.2) is 42.5 Å². The highest BCUT2D eigenvalue weighted by molar-refractivity contribution is 5.92. The van der Waals surface area contributed by atoms with E-state index in [-0.39, 0.29) is 24.2 Å². The number of benzene rings is 2. The topological polar surface area (TPSA) is 60.0 Å². The predicted molar refractivity (Wildman–Crippen MR) is 105 cm³/mol. The number of anilines is 1. The third-order valence-corrected chi connectivity index (χ3v) is 4.87. The summed E-state index contributed by atoms with van der Waals surface area (Å²) < 4.78 is 39.6. The minimum absolute atomic E-state index is 0.0442. The summed E-state index contributed by atoms with van der Waals surface area (Å²) in [5, 5.41) is 2.79. The van der Waals surface area contributed by atoms with Crippen LogP contribution in [0.2, 0.25) is 0 Å². The van der Waals surface area contributed by atoms with Crippen LogP contribution in [-0.2, 0) is 4.79 Å². The standard InChI is InChI=1S/C21H24F2N2O4/c1-27-16-9-10-19(28-2)17(12-16)18-4-3-11-25(18)13-20(26)24-14-5-7-15(8-6-14)29-21(22)23/h5-10,12,18,21H,3-4,11,13H2,1-2H3,(H,24,26). The molecule has 29 heavy (non-hydrogen) atoms. The maximum Gasteiger partial charge on any atom is 0.387 e. The molecule has 0 radical (unpaired) electrons. The third kappa shape index (κ3) is 5.35. The first kappa shape index (κ1) is 20.9. The Bertz CT molecular complexity index is 830. The molecule has 1 aliphatic heterocycles. The molecular formula is C21H24F2N2O4. The largest absolute Gasteiger partial charge is 0.497 e. The zero-order valence-corrected chi connectivity index (χ0v) is 16.4. The van der Waals surface area contributed by atoms with Crippen LogP contribution in [0.3, 0.4) is 0 Å². The summed E-state index contributed by atoms with van der Waals surface area (Å²) in [5.41, 5.74) is 1.51. The summed E-state index contributed by atoms with van der Waals surface area (Å²) in [6.07, 6.45) is 1.88. The first-order chi connectivity index (χ1) is 14.0. The maximum absolute atomic E-state index is 12.5. The molecule has 1 N–H and O–H groups in total. The Hall–Kier alpha value is -2.87. The number of ether oxygens (including phenoxy) is 3. The number of nitrogens with zero attached hydrogens (tertiary/aromatic N) is 1. The Labute approximate surface area is 168 Å². The van der Waals surface area contributed by atoms with Gasteiger partial charge in [-0.05, 0) is 61.9 Å². The number of hydrogen-bond donors (Lipinski definition) is 1. The summed E-state index contributed by atoms with van der Waals surface area (Å²) >= 11 is 0. The Morgan fingerprint density at radius 1 is 1.14 bits per heavy atom. The Morgan fingerprint density at radius 3 is 2.52 bits per heavy atom. The molecule has 1 amide bonds. The molecule has 8 heteroatoms. The quantitative estimate of drug-likeness (QED) is 0.716. The number of methoxy groups -OCH3 is 2. The molecule has 1 atom stereocenters. The molecular weight excluding hydrogens is 382 g/mol. The van der Waals surface area contributed by atoms with Gasteiger partial charge in [0.2, 0.25) is 5.91 Å². The molecule has 1 aliphatic rings. The van der Waals surface area contributed by atoms with Crippen LogP contribution in [0, 0.1) is 0 Å². The Balaban J connectivity index is 1.65. The number of alkyl halides is 2. The average Bonchev–Trinajstić information content (AvgIpc) is 3.16. The smallest absolute Gasteiger partial charge is 0.387 e. The van der Waals surface area contributed by atoms with Crippen molar-refractivity contribution >= 4 is 11.6 Å². The molecule has 1 heterocycles. The van der Waals surface area contributed by atoms with Crippen LogP contribution in [0.4, 0.5) is 14.5 Å². The number of carbonyl (C=O) groups is 1. The molecule has 2 aromatic rings. The summed E-state index contributed by atoms with van der Waals surface area (Å²) in [5.74, 6) is 1.37. The van der Waals surface area contributed by atoms with Crippen LogP contribution < -0.4 is 19.5 Å². The lowest BCUT2D eigenvalue weighted by Gasteiger charge is -2.26. The predicted octanol–water partition coefficient (Wildman–Crippen LogP) is 4.08. The van der Waals surface area contributed by atoms with Gasteiger partial charge in [-0.25, -0.2) is 0 Å². The average molecular weight is 406 g/mol. The zero-order chi connectivity index (χ0) is 20.8.